The molecule has 0 radical (unpaired) electrons. The number of sulfonamides is 1. The normalized spacial score (nSPS) is 11.3. The molecular formula is C12H10ClFN2O2S. The van der Waals surface area contributed by atoms with E-state index in [2.05, 4.69) is 9.71 Å². The average molecular weight is 301 g/mol. The largest absolute Gasteiger partial charge is 0.280 e. The van der Waals surface area contributed by atoms with Crippen LogP contribution < -0.4 is 4.72 Å². The first-order chi connectivity index (χ1) is 8.88. The number of pyridine rings is 1. The summed E-state index contributed by atoms with van der Waals surface area (Å²) in [5.41, 5.74) is 1.06. The van der Waals surface area contributed by atoms with Crippen LogP contribution in [0.25, 0.3) is 0 Å². The summed E-state index contributed by atoms with van der Waals surface area (Å²) in [6.45, 7) is 1.74. The smallest absolute Gasteiger partial charge is 0.261 e. The van der Waals surface area contributed by atoms with Crippen molar-refractivity contribution in [2.75, 3.05) is 4.72 Å². The van der Waals surface area contributed by atoms with E-state index >= 15 is 0 Å². The molecule has 0 fully saturated rings. The predicted molar refractivity (Wildman–Crippen MR) is 71.2 cm³/mol. The number of aromatic nitrogens is 1. The standard InChI is InChI=1S/C12H10ClFN2O2S/c1-8-6-9(4-5-15-8)16-19(17,18)10-2-3-12(14)11(13)7-10/h2-7H,1H3,(H,15,16). The molecule has 0 unspecified atom stereocenters. The van der Waals surface area contributed by atoms with E-state index in [0.29, 0.717) is 11.4 Å². The molecule has 100 valence electrons. The summed E-state index contributed by atoms with van der Waals surface area (Å²) in [4.78, 5) is 3.86. The minimum absolute atomic E-state index is 0.103. The Morgan fingerprint density at radius 3 is 2.63 bits per heavy atom. The molecule has 0 spiro atoms. The molecule has 0 saturated heterocycles. The minimum atomic E-state index is -3.80. The van der Waals surface area contributed by atoms with Crippen LogP contribution in [-0.2, 0) is 10.0 Å². The molecule has 0 aliphatic rings. The summed E-state index contributed by atoms with van der Waals surface area (Å²) in [7, 11) is -3.80. The number of benzene rings is 1. The van der Waals surface area contributed by atoms with Gasteiger partial charge in [-0.25, -0.2) is 12.8 Å². The van der Waals surface area contributed by atoms with E-state index in [1.165, 1.54) is 12.3 Å². The molecule has 0 atom stereocenters. The lowest BCUT2D eigenvalue weighted by atomic mass is 10.3. The van der Waals surface area contributed by atoms with Crippen LogP contribution in [0.4, 0.5) is 10.1 Å². The van der Waals surface area contributed by atoms with Gasteiger partial charge in [0.1, 0.15) is 5.82 Å². The fourth-order valence-electron chi connectivity index (χ4n) is 1.47. The maximum Gasteiger partial charge on any atom is 0.261 e. The van der Waals surface area contributed by atoms with Crippen LogP contribution in [0.15, 0.2) is 41.4 Å². The zero-order valence-electron chi connectivity index (χ0n) is 9.89. The predicted octanol–water partition coefficient (Wildman–Crippen LogP) is 2.98. The third kappa shape index (κ3) is 3.21. The van der Waals surface area contributed by atoms with Gasteiger partial charge in [0.2, 0.25) is 0 Å². The summed E-state index contributed by atoms with van der Waals surface area (Å²) in [5.74, 6) is -0.666. The van der Waals surface area contributed by atoms with Crippen molar-refractivity contribution in [1.82, 2.24) is 4.98 Å². The van der Waals surface area contributed by atoms with E-state index in [-0.39, 0.29) is 9.92 Å². The van der Waals surface area contributed by atoms with Crippen LogP contribution in [0.1, 0.15) is 5.69 Å². The Balaban J connectivity index is 2.35. The Bertz CT molecular complexity index is 719. The molecule has 1 aromatic carbocycles. The van der Waals surface area contributed by atoms with Crippen LogP contribution in [0.5, 0.6) is 0 Å². The molecule has 4 nitrogen and oxygen atoms in total. The maximum atomic E-state index is 13.0. The van der Waals surface area contributed by atoms with E-state index in [9.17, 15) is 12.8 Å². The van der Waals surface area contributed by atoms with E-state index in [1.54, 1.807) is 13.0 Å². The molecule has 19 heavy (non-hydrogen) atoms. The first-order valence-electron chi connectivity index (χ1n) is 5.29. The van der Waals surface area contributed by atoms with Gasteiger partial charge in [0.25, 0.3) is 10.0 Å². The van der Waals surface area contributed by atoms with Gasteiger partial charge in [0, 0.05) is 11.9 Å². The van der Waals surface area contributed by atoms with E-state index in [0.717, 1.165) is 18.2 Å². The molecule has 0 saturated carbocycles. The number of aryl methyl sites for hydroxylation is 1. The molecule has 0 aliphatic heterocycles. The number of anilines is 1. The fourth-order valence-corrected chi connectivity index (χ4v) is 2.79. The third-order valence-electron chi connectivity index (χ3n) is 2.35. The second kappa shape index (κ2) is 5.14. The highest BCUT2D eigenvalue weighted by atomic mass is 35.5. The van der Waals surface area contributed by atoms with Crippen LogP contribution in [0.2, 0.25) is 5.02 Å². The minimum Gasteiger partial charge on any atom is -0.280 e. The van der Waals surface area contributed by atoms with E-state index < -0.39 is 15.8 Å². The van der Waals surface area contributed by atoms with Crippen LogP contribution in [-0.4, -0.2) is 13.4 Å². The molecule has 7 heteroatoms. The van der Waals surface area contributed by atoms with Crippen molar-refractivity contribution in [3.63, 3.8) is 0 Å². The highest BCUT2D eigenvalue weighted by Gasteiger charge is 2.16. The van der Waals surface area contributed by atoms with Crippen molar-refractivity contribution >= 4 is 27.3 Å². The molecule has 1 N–H and O–H groups in total. The Labute approximate surface area is 115 Å². The summed E-state index contributed by atoms with van der Waals surface area (Å²) >= 11 is 5.57. The van der Waals surface area contributed by atoms with Gasteiger partial charge < -0.3 is 0 Å². The zero-order valence-corrected chi connectivity index (χ0v) is 11.5. The van der Waals surface area contributed by atoms with Crippen molar-refractivity contribution in [3.8, 4) is 0 Å². The SMILES string of the molecule is Cc1cc(NS(=O)(=O)c2ccc(F)c(Cl)c2)ccn1. The van der Waals surface area contributed by atoms with Gasteiger partial charge in [-0.2, -0.15) is 0 Å². The lowest BCUT2D eigenvalue weighted by Crippen LogP contribution is -2.13. The number of hydrogen-bond donors (Lipinski definition) is 1. The van der Waals surface area contributed by atoms with Gasteiger partial charge in [-0.05, 0) is 37.3 Å². The quantitative estimate of drug-likeness (QED) is 0.948. The molecule has 2 rings (SSSR count). The number of rotatable bonds is 3. The summed E-state index contributed by atoms with van der Waals surface area (Å²) < 4.78 is 39.5. The Morgan fingerprint density at radius 1 is 1.26 bits per heavy atom. The molecule has 0 aliphatic carbocycles. The van der Waals surface area contributed by atoms with Crippen molar-refractivity contribution in [3.05, 3.63) is 53.1 Å². The van der Waals surface area contributed by atoms with Crippen molar-refractivity contribution in [2.24, 2.45) is 0 Å². The second-order valence-corrected chi connectivity index (χ2v) is 5.96. The van der Waals surface area contributed by atoms with Gasteiger partial charge in [-0.1, -0.05) is 11.6 Å². The monoisotopic (exact) mass is 300 g/mol. The van der Waals surface area contributed by atoms with E-state index in [1.807, 2.05) is 0 Å². The molecule has 2 aromatic rings. The van der Waals surface area contributed by atoms with Gasteiger partial charge >= 0.3 is 0 Å². The highest BCUT2D eigenvalue weighted by Crippen LogP contribution is 2.21. The molecule has 1 heterocycles. The lowest BCUT2D eigenvalue weighted by molar-refractivity contribution is 0.599. The highest BCUT2D eigenvalue weighted by molar-refractivity contribution is 7.92. The molecular weight excluding hydrogens is 291 g/mol. The number of nitrogens with one attached hydrogen (secondary N) is 1. The van der Waals surface area contributed by atoms with Gasteiger partial charge in [0.05, 0.1) is 15.6 Å². The third-order valence-corrected chi connectivity index (χ3v) is 4.02. The topological polar surface area (TPSA) is 59.1 Å². The fraction of sp³-hybridized carbons (Fsp3) is 0.0833. The van der Waals surface area contributed by atoms with Crippen molar-refractivity contribution in [2.45, 2.75) is 11.8 Å². The first kappa shape index (κ1) is 13.8. The Morgan fingerprint density at radius 2 is 2.00 bits per heavy atom. The van der Waals surface area contributed by atoms with Gasteiger partial charge in [0.15, 0.2) is 0 Å². The first-order valence-corrected chi connectivity index (χ1v) is 7.15. The molecule has 0 amide bonds. The second-order valence-electron chi connectivity index (χ2n) is 3.87. The Hall–Kier alpha value is -1.66. The van der Waals surface area contributed by atoms with Crippen molar-refractivity contribution < 1.29 is 12.8 Å². The van der Waals surface area contributed by atoms with Gasteiger partial charge in [-0.15, -0.1) is 0 Å². The van der Waals surface area contributed by atoms with Crippen molar-refractivity contribution in [1.29, 1.82) is 0 Å². The molecule has 0 bridgehead atoms. The van der Waals surface area contributed by atoms with Crippen LogP contribution in [0, 0.1) is 12.7 Å². The number of nitrogens with zero attached hydrogens (tertiary/aromatic N) is 1. The summed E-state index contributed by atoms with van der Waals surface area (Å²) in [6.07, 6.45) is 1.49. The van der Waals surface area contributed by atoms with Crippen LogP contribution in [0.3, 0.4) is 0 Å². The number of halogens is 2. The number of hydrogen-bond acceptors (Lipinski definition) is 3. The van der Waals surface area contributed by atoms with Gasteiger partial charge in [-0.3, -0.25) is 9.71 Å². The zero-order chi connectivity index (χ0) is 14.0. The maximum absolute atomic E-state index is 13.0. The molecule has 1 aromatic heterocycles. The average Bonchev–Trinajstić information content (AvgIpc) is 2.32. The van der Waals surface area contributed by atoms with E-state index in [4.69, 9.17) is 11.6 Å². The lowest BCUT2D eigenvalue weighted by Gasteiger charge is -2.08. The summed E-state index contributed by atoms with van der Waals surface area (Å²) in [5, 5.41) is -0.242. The summed E-state index contributed by atoms with van der Waals surface area (Å²) in [6, 6.07) is 6.33. The Kier molecular flexibility index (Phi) is 3.73. The van der Waals surface area contributed by atoms with Crippen LogP contribution >= 0.6 is 11.6 Å².